The van der Waals surface area contributed by atoms with Gasteiger partial charge in [0, 0.05) is 23.0 Å². The maximum Gasteiger partial charge on any atom is 0.247 e. The molecule has 0 saturated heterocycles. The van der Waals surface area contributed by atoms with Crippen LogP contribution >= 0.6 is 11.3 Å². The van der Waals surface area contributed by atoms with Crippen molar-refractivity contribution in [2.45, 2.75) is 50.7 Å². The summed E-state index contributed by atoms with van der Waals surface area (Å²) in [5.74, 6) is -1.01. The fourth-order valence-electron chi connectivity index (χ4n) is 4.27. The van der Waals surface area contributed by atoms with Gasteiger partial charge in [-0.2, -0.15) is 0 Å². The van der Waals surface area contributed by atoms with Crippen molar-refractivity contribution in [1.29, 1.82) is 0 Å². The normalized spacial score (nSPS) is 14.8. The summed E-state index contributed by atoms with van der Waals surface area (Å²) >= 11 is 1.50. The Hall–Kier alpha value is -2.99. The van der Waals surface area contributed by atoms with Gasteiger partial charge in [0.15, 0.2) is 0 Å². The zero-order valence-corrected chi connectivity index (χ0v) is 18.7. The predicted octanol–water partition coefficient (Wildman–Crippen LogP) is 5.26. The molecule has 1 aliphatic carbocycles. The summed E-state index contributed by atoms with van der Waals surface area (Å²) in [6.45, 7) is 0.224. The Balaban J connectivity index is 1.70. The van der Waals surface area contributed by atoms with Gasteiger partial charge in [0.1, 0.15) is 11.9 Å². The number of benzene rings is 2. The van der Waals surface area contributed by atoms with Crippen molar-refractivity contribution >= 4 is 23.2 Å². The fourth-order valence-corrected chi connectivity index (χ4v) is 4.96. The minimum absolute atomic E-state index is 0.0720. The van der Waals surface area contributed by atoms with E-state index < -0.39 is 11.9 Å². The molecular formula is C26H27FN2O2S. The topological polar surface area (TPSA) is 49.4 Å². The van der Waals surface area contributed by atoms with Crippen LogP contribution in [0.2, 0.25) is 0 Å². The van der Waals surface area contributed by atoms with Crippen molar-refractivity contribution in [3.63, 3.8) is 0 Å². The van der Waals surface area contributed by atoms with Gasteiger partial charge in [-0.15, -0.1) is 11.3 Å². The van der Waals surface area contributed by atoms with Crippen molar-refractivity contribution in [1.82, 2.24) is 10.2 Å². The lowest BCUT2D eigenvalue weighted by atomic mass is 10.0. The lowest BCUT2D eigenvalue weighted by molar-refractivity contribution is -0.141. The number of thiophene rings is 1. The highest BCUT2D eigenvalue weighted by atomic mass is 32.1. The quantitative estimate of drug-likeness (QED) is 0.509. The molecule has 32 heavy (non-hydrogen) atoms. The molecule has 3 aromatic rings. The minimum atomic E-state index is -1.04. The number of nitrogens with one attached hydrogen (secondary N) is 1. The molecule has 166 valence electrons. The number of amides is 2. The molecule has 2 aromatic carbocycles. The van der Waals surface area contributed by atoms with E-state index >= 15 is 0 Å². The maximum absolute atomic E-state index is 14.9. The van der Waals surface area contributed by atoms with Gasteiger partial charge in [0.25, 0.3) is 0 Å². The summed E-state index contributed by atoms with van der Waals surface area (Å²) in [6, 6.07) is 18.6. The molecule has 1 N–H and O–H groups in total. The second kappa shape index (κ2) is 10.6. The molecule has 1 saturated carbocycles. The van der Waals surface area contributed by atoms with Gasteiger partial charge in [-0.1, -0.05) is 67.4 Å². The van der Waals surface area contributed by atoms with E-state index in [4.69, 9.17) is 0 Å². The third-order valence-electron chi connectivity index (χ3n) is 5.88. The number of carbonyl (C=O) groups is 2. The Morgan fingerprint density at radius 1 is 1.00 bits per heavy atom. The maximum atomic E-state index is 14.9. The lowest BCUT2D eigenvalue weighted by Gasteiger charge is -2.32. The van der Waals surface area contributed by atoms with Crippen LogP contribution in [0.3, 0.4) is 0 Å². The summed E-state index contributed by atoms with van der Waals surface area (Å²) in [6.07, 6.45) is 4.14. The van der Waals surface area contributed by atoms with Crippen LogP contribution in [0.15, 0.2) is 72.1 Å². The molecule has 1 aromatic heterocycles. The van der Waals surface area contributed by atoms with Crippen molar-refractivity contribution in [2.24, 2.45) is 0 Å². The summed E-state index contributed by atoms with van der Waals surface area (Å²) in [4.78, 5) is 29.5. The van der Waals surface area contributed by atoms with Crippen LogP contribution in [0.1, 0.15) is 47.7 Å². The Kier molecular flexibility index (Phi) is 7.32. The molecule has 0 aliphatic heterocycles. The first-order chi connectivity index (χ1) is 15.6. The number of nitrogens with zero attached hydrogens (tertiary/aromatic N) is 1. The summed E-state index contributed by atoms with van der Waals surface area (Å²) in [5, 5.41) is 5.01. The molecule has 4 nitrogen and oxygen atoms in total. The molecule has 0 unspecified atom stereocenters. The SMILES string of the molecule is O=C(NC1CCCC1)[C@H](c1ccccc1F)N(Cc1ccccc1)C(=O)Cc1cccs1. The van der Waals surface area contributed by atoms with Gasteiger partial charge >= 0.3 is 0 Å². The number of halogens is 1. The molecule has 0 bridgehead atoms. The molecule has 1 aliphatic rings. The van der Waals surface area contributed by atoms with Gasteiger partial charge in [-0.25, -0.2) is 4.39 Å². The Morgan fingerprint density at radius 3 is 2.41 bits per heavy atom. The first-order valence-electron chi connectivity index (χ1n) is 11.0. The largest absolute Gasteiger partial charge is 0.351 e. The highest BCUT2D eigenvalue weighted by Crippen LogP contribution is 2.28. The van der Waals surface area contributed by atoms with Crippen LogP contribution in [0, 0.1) is 5.82 Å². The summed E-state index contributed by atoms with van der Waals surface area (Å²) in [5.41, 5.74) is 1.11. The summed E-state index contributed by atoms with van der Waals surface area (Å²) < 4.78 is 14.9. The van der Waals surface area contributed by atoms with E-state index in [9.17, 15) is 14.0 Å². The minimum Gasteiger partial charge on any atom is -0.351 e. The van der Waals surface area contributed by atoms with E-state index in [0.717, 1.165) is 36.1 Å². The highest BCUT2D eigenvalue weighted by Gasteiger charge is 2.34. The Labute approximate surface area is 192 Å². The average molecular weight is 451 g/mol. The van der Waals surface area contributed by atoms with Crippen molar-refractivity contribution < 1.29 is 14.0 Å². The molecule has 1 fully saturated rings. The first kappa shape index (κ1) is 22.2. The van der Waals surface area contributed by atoms with E-state index in [1.807, 2.05) is 47.8 Å². The van der Waals surface area contributed by atoms with E-state index in [1.54, 1.807) is 18.2 Å². The molecule has 1 heterocycles. The van der Waals surface area contributed by atoms with Gasteiger partial charge in [0.2, 0.25) is 11.8 Å². The van der Waals surface area contributed by atoms with Crippen molar-refractivity contribution in [2.75, 3.05) is 0 Å². The van der Waals surface area contributed by atoms with E-state index in [1.165, 1.54) is 22.3 Å². The molecule has 2 amide bonds. The zero-order valence-electron chi connectivity index (χ0n) is 17.9. The second-order valence-corrected chi connectivity index (χ2v) is 9.21. The molecule has 1 atom stereocenters. The lowest BCUT2D eigenvalue weighted by Crippen LogP contribution is -2.46. The standard InChI is InChI=1S/C26H27FN2O2S/c27-23-15-7-6-14-22(23)25(26(31)28-20-11-4-5-12-20)29(18-19-9-2-1-3-10-19)24(30)17-21-13-8-16-32-21/h1-3,6-10,13-16,20,25H,4-5,11-12,17-18H2,(H,28,31)/t25-/m0/s1. The smallest absolute Gasteiger partial charge is 0.247 e. The highest BCUT2D eigenvalue weighted by molar-refractivity contribution is 7.10. The molecule has 0 radical (unpaired) electrons. The molecule has 0 spiro atoms. The third-order valence-corrected chi connectivity index (χ3v) is 6.76. The van der Waals surface area contributed by atoms with Crippen LogP contribution < -0.4 is 5.32 Å². The van der Waals surface area contributed by atoms with Gasteiger partial charge < -0.3 is 10.2 Å². The zero-order chi connectivity index (χ0) is 22.3. The predicted molar refractivity (Wildman–Crippen MR) is 125 cm³/mol. The molecule has 6 heteroatoms. The molecular weight excluding hydrogens is 423 g/mol. The number of carbonyl (C=O) groups excluding carboxylic acids is 2. The first-order valence-corrected chi connectivity index (χ1v) is 11.9. The van der Waals surface area contributed by atoms with Gasteiger partial charge in [0.05, 0.1) is 6.42 Å². The third kappa shape index (κ3) is 5.43. The average Bonchev–Trinajstić information content (AvgIpc) is 3.50. The Bertz CT molecular complexity index is 1030. The monoisotopic (exact) mass is 450 g/mol. The van der Waals surface area contributed by atoms with Crippen molar-refractivity contribution in [3.05, 3.63) is 93.9 Å². The van der Waals surface area contributed by atoms with Crippen LogP contribution in [0.4, 0.5) is 4.39 Å². The number of hydrogen-bond donors (Lipinski definition) is 1. The summed E-state index contributed by atoms with van der Waals surface area (Å²) in [7, 11) is 0. The van der Waals surface area contributed by atoms with Gasteiger partial charge in [-0.3, -0.25) is 9.59 Å². The fraction of sp³-hybridized carbons (Fsp3) is 0.308. The second-order valence-electron chi connectivity index (χ2n) is 8.18. The number of rotatable bonds is 8. The van der Waals surface area contributed by atoms with Crippen LogP contribution in [0.25, 0.3) is 0 Å². The van der Waals surface area contributed by atoms with Crippen LogP contribution in [-0.2, 0) is 22.6 Å². The van der Waals surface area contributed by atoms with E-state index in [-0.39, 0.29) is 36.4 Å². The number of hydrogen-bond acceptors (Lipinski definition) is 3. The molecule has 4 rings (SSSR count). The van der Waals surface area contributed by atoms with E-state index in [0.29, 0.717) is 0 Å². The van der Waals surface area contributed by atoms with Gasteiger partial charge in [-0.05, 0) is 35.9 Å². The van der Waals surface area contributed by atoms with Crippen LogP contribution in [-0.4, -0.2) is 22.8 Å². The van der Waals surface area contributed by atoms with Crippen LogP contribution in [0.5, 0.6) is 0 Å². The van der Waals surface area contributed by atoms with E-state index in [2.05, 4.69) is 5.32 Å². The Morgan fingerprint density at radius 2 is 1.72 bits per heavy atom. The van der Waals surface area contributed by atoms with Crippen molar-refractivity contribution in [3.8, 4) is 0 Å².